The number of carbonyl (C=O) groups excluding carboxylic acids is 1. The van der Waals surface area contributed by atoms with Gasteiger partial charge in [-0.2, -0.15) is 0 Å². The minimum absolute atomic E-state index is 0. The first-order valence-electron chi connectivity index (χ1n) is 7.08. The first-order chi connectivity index (χ1) is 9.66. The number of amides is 1. The predicted octanol–water partition coefficient (Wildman–Crippen LogP) is 2.14. The van der Waals surface area contributed by atoms with Gasteiger partial charge >= 0.3 is 0 Å². The summed E-state index contributed by atoms with van der Waals surface area (Å²) in [4.78, 5) is 13.0. The minimum atomic E-state index is -0.309. The molecule has 2 heterocycles. The maximum absolute atomic E-state index is 14.6. The normalized spacial score (nSPS) is 18.8. The van der Waals surface area contributed by atoms with Crippen LogP contribution in [0.15, 0.2) is 12.1 Å². The van der Waals surface area contributed by atoms with Crippen molar-refractivity contribution in [2.75, 3.05) is 31.6 Å². The number of carbonyl (C=O) groups is 1. The molecule has 0 bridgehead atoms. The Hall–Kier alpha value is -1.33. The van der Waals surface area contributed by atoms with Crippen molar-refractivity contribution >= 4 is 24.0 Å². The Balaban J connectivity index is 0.00000161. The number of halogens is 2. The van der Waals surface area contributed by atoms with Crippen LogP contribution in [0.1, 0.15) is 18.4 Å². The zero-order valence-corrected chi connectivity index (χ0v) is 12.8. The fourth-order valence-electron chi connectivity index (χ4n) is 2.93. The summed E-state index contributed by atoms with van der Waals surface area (Å²) in [6, 6.07) is 3.57. The second kappa shape index (κ2) is 6.62. The van der Waals surface area contributed by atoms with Gasteiger partial charge in [-0.1, -0.05) is 6.07 Å². The maximum atomic E-state index is 14.6. The molecule has 0 aliphatic carbocycles. The summed E-state index contributed by atoms with van der Waals surface area (Å²) in [6.07, 6.45) is 2.87. The van der Waals surface area contributed by atoms with Crippen LogP contribution in [-0.2, 0) is 11.2 Å². The van der Waals surface area contributed by atoms with E-state index >= 15 is 0 Å². The lowest BCUT2D eigenvalue weighted by atomic mass is 9.90. The van der Waals surface area contributed by atoms with Crippen molar-refractivity contribution in [2.24, 2.45) is 5.92 Å². The number of nitrogens with one attached hydrogen (secondary N) is 1. The molecule has 1 fully saturated rings. The molecular formula is C15H20ClFN2O2. The van der Waals surface area contributed by atoms with Gasteiger partial charge in [0.05, 0.1) is 0 Å². The summed E-state index contributed by atoms with van der Waals surface area (Å²) in [5.74, 6) is 0.444. The Morgan fingerprint density at radius 2 is 2.10 bits per heavy atom. The van der Waals surface area contributed by atoms with Crippen molar-refractivity contribution in [1.29, 1.82) is 0 Å². The number of hydrogen-bond acceptors (Lipinski definition) is 3. The molecule has 6 heteroatoms. The minimum Gasteiger partial charge on any atom is -0.481 e. The van der Waals surface area contributed by atoms with Gasteiger partial charge in [-0.15, -0.1) is 12.4 Å². The molecule has 116 valence electrons. The molecule has 2 aliphatic heterocycles. The van der Waals surface area contributed by atoms with E-state index in [2.05, 4.69) is 5.32 Å². The highest BCUT2D eigenvalue weighted by Crippen LogP contribution is 2.36. The molecular weight excluding hydrogens is 295 g/mol. The zero-order chi connectivity index (χ0) is 14.1. The van der Waals surface area contributed by atoms with Crippen molar-refractivity contribution in [2.45, 2.75) is 19.3 Å². The Morgan fingerprint density at radius 3 is 2.81 bits per heavy atom. The number of fused-ring (bicyclic) bond motifs is 1. The zero-order valence-electron chi connectivity index (χ0n) is 12.0. The maximum Gasteiger partial charge on any atom is 0.264 e. The van der Waals surface area contributed by atoms with E-state index in [1.807, 2.05) is 0 Å². The predicted molar refractivity (Wildman–Crippen MR) is 81.9 cm³/mol. The third-order valence-electron chi connectivity index (χ3n) is 4.19. The lowest BCUT2D eigenvalue weighted by molar-refractivity contribution is -0.121. The average molecular weight is 315 g/mol. The largest absolute Gasteiger partial charge is 0.481 e. The van der Waals surface area contributed by atoms with E-state index in [0.717, 1.165) is 32.4 Å². The standard InChI is InChI=1S/C15H19FN2O2.ClH/c1-18-13(19)9-20-12-3-2-11(14(16)15(12)18)8-10-4-6-17-7-5-10;/h2-3,10,17H,4-9H2,1H3;1H. The van der Waals surface area contributed by atoms with Gasteiger partial charge in [0.25, 0.3) is 5.91 Å². The SMILES string of the molecule is CN1C(=O)COc2ccc(CC3CCNCC3)c(F)c21.Cl. The van der Waals surface area contributed by atoms with Gasteiger partial charge in [-0.05, 0) is 49.9 Å². The Bertz CT molecular complexity index is 533. The molecule has 0 unspecified atom stereocenters. The molecule has 3 rings (SSSR count). The summed E-state index contributed by atoms with van der Waals surface area (Å²) in [7, 11) is 1.60. The van der Waals surface area contributed by atoms with Crippen LogP contribution in [0.2, 0.25) is 0 Å². The molecule has 1 amide bonds. The molecule has 21 heavy (non-hydrogen) atoms. The van der Waals surface area contributed by atoms with Gasteiger partial charge in [0.1, 0.15) is 11.4 Å². The van der Waals surface area contributed by atoms with Crippen LogP contribution in [0.25, 0.3) is 0 Å². The molecule has 0 saturated carbocycles. The van der Waals surface area contributed by atoms with E-state index in [9.17, 15) is 9.18 Å². The summed E-state index contributed by atoms with van der Waals surface area (Å²) in [6.45, 7) is 1.98. The number of ether oxygens (including phenoxy) is 1. The highest BCUT2D eigenvalue weighted by molar-refractivity contribution is 5.97. The smallest absolute Gasteiger partial charge is 0.264 e. The number of anilines is 1. The third kappa shape index (κ3) is 3.14. The van der Waals surface area contributed by atoms with Gasteiger partial charge in [0.2, 0.25) is 0 Å². The van der Waals surface area contributed by atoms with Crippen LogP contribution in [0, 0.1) is 11.7 Å². The van der Waals surface area contributed by atoms with E-state index < -0.39 is 0 Å². The monoisotopic (exact) mass is 314 g/mol. The fraction of sp³-hybridized carbons (Fsp3) is 0.533. The number of nitrogens with zero attached hydrogens (tertiary/aromatic N) is 1. The van der Waals surface area contributed by atoms with Crippen molar-refractivity contribution < 1.29 is 13.9 Å². The molecule has 0 radical (unpaired) electrons. The highest BCUT2D eigenvalue weighted by Gasteiger charge is 2.28. The van der Waals surface area contributed by atoms with Crippen LogP contribution in [0.4, 0.5) is 10.1 Å². The Labute approximate surface area is 130 Å². The lowest BCUT2D eigenvalue weighted by Crippen LogP contribution is -2.36. The topological polar surface area (TPSA) is 41.6 Å². The number of benzene rings is 1. The number of piperidine rings is 1. The summed E-state index contributed by atoms with van der Waals surface area (Å²) in [5, 5.41) is 3.31. The van der Waals surface area contributed by atoms with Gasteiger partial charge < -0.3 is 15.0 Å². The molecule has 2 aliphatic rings. The van der Waals surface area contributed by atoms with Crippen LogP contribution < -0.4 is 15.0 Å². The molecule has 1 aromatic rings. The highest BCUT2D eigenvalue weighted by atomic mass is 35.5. The number of likely N-dealkylation sites (N-methyl/N-ethyl adjacent to an activating group) is 1. The van der Waals surface area contributed by atoms with Crippen molar-refractivity contribution in [3.63, 3.8) is 0 Å². The Morgan fingerprint density at radius 1 is 1.38 bits per heavy atom. The summed E-state index contributed by atoms with van der Waals surface area (Å²) < 4.78 is 19.9. The summed E-state index contributed by atoms with van der Waals surface area (Å²) in [5.41, 5.74) is 0.966. The average Bonchev–Trinajstić information content (AvgIpc) is 2.47. The van der Waals surface area contributed by atoms with E-state index in [1.165, 1.54) is 4.90 Å². The van der Waals surface area contributed by atoms with Crippen LogP contribution >= 0.6 is 12.4 Å². The first-order valence-corrected chi connectivity index (χ1v) is 7.08. The summed E-state index contributed by atoms with van der Waals surface area (Å²) >= 11 is 0. The first kappa shape index (κ1) is 16.0. The van der Waals surface area contributed by atoms with Crippen LogP contribution in [0.3, 0.4) is 0 Å². The van der Waals surface area contributed by atoms with Crippen molar-refractivity contribution in [3.8, 4) is 5.75 Å². The Kier molecular flexibility index (Phi) is 5.06. The second-order valence-electron chi connectivity index (χ2n) is 5.52. The third-order valence-corrected chi connectivity index (χ3v) is 4.19. The second-order valence-corrected chi connectivity index (χ2v) is 5.52. The number of hydrogen-bond donors (Lipinski definition) is 1. The molecule has 1 aromatic carbocycles. The molecule has 0 aromatic heterocycles. The van der Waals surface area contributed by atoms with E-state index in [0.29, 0.717) is 17.2 Å². The molecule has 0 atom stereocenters. The van der Waals surface area contributed by atoms with E-state index in [-0.39, 0.29) is 36.4 Å². The van der Waals surface area contributed by atoms with Crippen LogP contribution in [0.5, 0.6) is 5.75 Å². The number of rotatable bonds is 2. The van der Waals surface area contributed by atoms with E-state index in [1.54, 1.807) is 19.2 Å². The molecule has 0 spiro atoms. The quantitative estimate of drug-likeness (QED) is 0.909. The fourth-order valence-corrected chi connectivity index (χ4v) is 2.93. The van der Waals surface area contributed by atoms with E-state index in [4.69, 9.17) is 4.74 Å². The van der Waals surface area contributed by atoms with Gasteiger partial charge in [0, 0.05) is 7.05 Å². The molecule has 4 nitrogen and oxygen atoms in total. The van der Waals surface area contributed by atoms with Gasteiger partial charge in [-0.3, -0.25) is 4.79 Å². The molecule has 1 N–H and O–H groups in total. The molecule has 1 saturated heterocycles. The lowest BCUT2D eigenvalue weighted by Gasteiger charge is -2.28. The van der Waals surface area contributed by atoms with Crippen LogP contribution in [-0.4, -0.2) is 32.7 Å². The van der Waals surface area contributed by atoms with Crippen molar-refractivity contribution in [3.05, 3.63) is 23.5 Å². The van der Waals surface area contributed by atoms with Gasteiger partial charge in [-0.25, -0.2) is 4.39 Å². The van der Waals surface area contributed by atoms with Crippen molar-refractivity contribution in [1.82, 2.24) is 5.32 Å². The van der Waals surface area contributed by atoms with Gasteiger partial charge in [0.15, 0.2) is 12.4 Å².